The highest BCUT2D eigenvalue weighted by molar-refractivity contribution is 6.31. The van der Waals surface area contributed by atoms with Crippen molar-refractivity contribution in [2.45, 2.75) is 18.4 Å². The lowest BCUT2D eigenvalue weighted by Crippen LogP contribution is -2.38. The first kappa shape index (κ1) is 15.1. The number of alkyl halides is 2. The van der Waals surface area contributed by atoms with Gasteiger partial charge in [0.2, 0.25) is 0 Å². The average Bonchev–Trinajstić information content (AvgIpc) is 2.80. The standard InChI is InChI=1S/C15H13ClF2N2O2/c16-10-3-1-9-2-4-12(19-13(9)5-10)14(22)20-8-15(17,18)6-11(20)7-21/h1-5,11,21H,6-8H2. The fourth-order valence-corrected chi connectivity index (χ4v) is 2.82. The van der Waals surface area contributed by atoms with E-state index >= 15 is 0 Å². The summed E-state index contributed by atoms with van der Waals surface area (Å²) >= 11 is 5.89. The zero-order valence-electron chi connectivity index (χ0n) is 11.5. The molecule has 4 nitrogen and oxygen atoms in total. The molecular weight excluding hydrogens is 314 g/mol. The fraction of sp³-hybridized carbons (Fsp3) is 0.333. The van der Waals surface area contributed by atoms with Crippen molar-refractivity contribution in [3.8, 4) is 0 Å². The van der Waals surface area contributed by atoms with Crippen LogP contribution in [0.25, 0.3) is 10.9 Å². The van der Waals surface area contributed by atoms with Gasteiger partial charge in [0, 0.05) is 16.8 Å². The summed E-state index contributed by atoms with van der Waals surface area (Å²) in [5.74, 6) is -3.60. The second kappa shape index (κ2) is 5.44. The van der Waals surface area contributed by atoms with Crippen LogP contribution in [0.5, 0.6) is 0 Å². The maximum absolute atomic E-state index is 13.5. The van der Waals surface area contributed by atoms with Crippen LogP contribution in [0.3, 0.4) is 0 Å². The molecular formula is C15H13ClF2N2O2. The molecule has 1 aromatic carbocycles. The lowest BCUT2D eigenvalue weighted by Gasteiger charge is -2.21. The van der Waals surface area contributed by atoms with Gasteiger partial charge in [-0.05, 0) is 18.2 Å². The molecule has 3 rings (SSSR count). The van der Waals surface area contributed by atoms with Gasteiger partial charge in [-0.3, -0.25) is 4.79 Å². The van der Waals surface area contributed by atoms with Gasteiger partial charge in [-0.15, -0.1) is 0 Å². The number of carbonyl (C=O) groups is 1. The van der Waals surface area contributed by atoms with Crippen LogP contribution in [0.4, 0.5) is 8.78 Å². The molecule has 0 aliphatic carbocycles. The van der Waals surface area contributed by atoms with E-state index in [0.717, 1.165) is 10.3 Å². The summed E-state index contributed by atoms with van der Waals surface area (Å²) in [5, 5.41) is 10.5. The number of amides is 1. The molecule has 1 atom stereocenters. The van der Waals surface area contributed by atoms with Crippen molar-refractivity contribution >= 4 is 28.4 Å². The monoisotopic (exact) mass is 326 g/mol. The van der Waals surface area contributed by atoms with E-state index in [1.54, 1.807) is 24.3 Å². The molecule has 1 aliphatic heterocycles. The number of hydrogen-bond donors (Lipinski definition) is 1. The Bertz CT molecular complexity index is 739. The van der Waals surface area contributed by atoms with Crippen molar-refractivity contribution in [2.24, 2.45) is 0 Å². The number of carbonyl (C=O) groups excluding carboxylic acids is 1. The number of halogens is 3. The molecule has 1 N–H and O–H groups in total. The van der Waals surface area contributed by atoms with E-state index in [2.05, 4.69) is 4.98 Å². The third kappa shape index (κ3) is 2.76. The van der Waals surface area contributed by atoms with Crippen LogP contribution in [0.2, 0.25) is 5.02 Å². The Hall–Kier alpha value is -1.79. The van der Waals surface area contributed by atoms with Gasteiger partial charge in [-0.2, -0.15) is 0 Å². The molecule has 1 amide bonds. The summed E-state index contributed by atoms with van der Waals surface area (Å²) in [6.45, 7) is -1.20. The highest BCUT2D eigenvalue weighted by atomic mass is 35.5. The zero-order valence-corrected chi connectivity index (χ0v) is 12.2. The quantitative estimate of drug-likeness (QED) is 0.923. The van der Waals surface area contributed by atoms with E-state index in [1.165, 1.54) is 6.07 Å². The molecule has 116 valence electrons. The SMILES string of the molecule is O=C(c1ccc2ccc(Cl)cc2n1)N1CC(F)(F)CC1CO. The van der Waals surface area contributed by atoms with E-state index in [-0.39, 0.29) is 5.69 Å². The van der Waals surface area contributed by atoms with Gasteiger partial charge in [-0.1, -0.05) is 23.7 Å². The Morgan fingerprint density at radius 1 is 1.41 bits per heavy atom. The summed E-state index contributed by atoms with van der Waals surface area (Å²) < 4.78 is 26.9. The molecule has 1 aliphatic rings. The van der Waals surface area contributed by atoms with E-state index in [0.29, 0.717) is 10.5 Å². The molecule has 0 radical (unpaired) electrons. The van der Waals surface area contributed by atoms with Crippen molar-refractivity contribution in [2.75, 3.05) is 13.2 Å². The Balaban J connectivity index is 1.94. The molecule has 1 unspecified atom stereocenters. The van der Waals surface area contributed by atoms with Crippen LogP contribution in [-0.4, -0.2) is 46.0 Å². The first-order valence-corrected chi connectivity index (χ1v) is 7.13. The number of pyridine rings is 1. The highest BCUT2D eigenvalue weighted by Crippen LogP contribution is 2.32. The average molecular weight is 327 g/mol. The molecule has 0 bridgehead atoms. The van der Waals surface area contributed by atoms with Gasteiger partial charge >= 0.3 is 0 Å². The molecule has 0 saturated carbocycles. The summed E-state index contributed by atoms with van der Waals surface area (Å²) in [4.78, 5) is 17.6. The Morgan fingerprint density at radius 2 is 2.14 bits per heavy atom. The summed E-state index contributed by atoms with van der Waals surface area (Å²) in [6, 6.07) is 7.36. The second-order valence-corrected chi connectivity index (χ2v) is 5.80. The van der Waals surface area contributed by atoms with Crippen LogP contribution in [0.1, 0.15) is 16.9 Å². The van der Waals surface area contributed by atoms with E-state index in [4.69, 9.17) is 11.6 Å². The minimum Gasteiger partial charge on any atom is -0.394 e. The summed E-state index contributed by atoms with van der Waals surface area (Å²) in [6.07, 6.45) is -0.533. The lowest BCUT2D eigenvalue weighted by molar-refractivity contribution is 0.0115. The van der Waals surface area contributed by atoms with Gasteiger partial charge < -0.3 is 10.0 Å². The number of aromatic nitrogens is 1. The predicted octanol–water partition coefficient (Wildman–Crippen LogP) is 2.73. The maximum Gasteiger partial charge on any atom is 0.273 e. The first-order chi connectivity index (χ1) is 10.4. The maximum atomic E-state index is 13.5. The van der Waals surface area contributed by atoms with Crippen molar-refractivity contribution < 1.29 is 18.7 Å². The van der Waals surface area contributed by atoms with Crippen molar-refractivity contribution in [3.05, 3.63) is 41.0 Å². The number of likely N-dealkylation sites (tertiary alicyclic amines) is 1. The third-order valence-corrected chi connectivity index (χ3v) is 3.96. The molecule has 7 heteroatoms. The van der Waals surface area contributed by atoms with Crippen molar-refractivity contribution in [3.63, 3.8) is 0 Å². The Morgan fingerprint density at radius 3 is 2.86 bits per heavy atom. The van der Waals surface area contributed by atoms with Gasteiger partial charge in [0.05, 0.1) is 24.7 Å². The van der Waals surface area contributed by atoms with Crippen LogP contribution >= 0.6 is 11.6 Å². The predicted molar refractivity (Wildman–Crippen MR) is 78.2 cm³/mol. The molecule has 1 saturated heterocycles. The van der Waals surface area contributed by atoms with Gasteiger partial charge in [-0.25, -0.2) is 13.8 Å². The highest BCUT2D eigenvalue weighted by Gasteiger charge is 2.47. The van der Waals surface area contributed by atoms with E-state index in [1.807, 2.05) is 0 Å². The number of hydrogen-bond acceptors (Lipinski definition) is 3. The number of nitrogens with zero attached hydrogens (tertiary/aromatic N) is 2. The number of aliphatic hydroxyl groups is 1. The number of aliphatic hydroxyl groups excluding tert-OH is 1. The minimum atomic E-state index is -2.98. The topological polar surface area (TPSA) is 53.4 Å². The number of fused-ring (bicyclic) bond motifs is 1. The summed E-state index contributed by atoms with van der Waals surface area (Å²) in [5.41, 5.74) is 0.579. The normalized spacial score (nSPS) is 20.5. The van der Waals surface area contributed by atoms with Crippen LogP contribution in [-0.2, 0) is 0 Å². The molecule has 1 aromatic heterocycles. The smallest absolute Gasteiger partial charge is 0.273 e. The van der Waals surface area contributed by atoms with E-state index < -0.39 is 37.4 Å². The third-order valence-electron chi connectivity index (χ3n) is 3.72. The van der Waals surface area contributed by atoms with Crippen LogP contribution < -0.4 is 0 Å². The number of rotatable bonds is 2. The molecule has 2 aromatic rings. The number of benzene rings is 1. The minimum absolute atomic E-state index is 0.0610. The largest absolute Gasteiger partial charge is 0.394 e. The molecule has 2 heterocycles. The van der Waals surface area contributed by atoms with Crippen molar-refractivity contribution in [1.82, 2.24) is 9.88 Å². The van der Waals surface area contributed by atoms with Gasteiger partial charge in [0.25, 0.3) is 11.8 Å². The van der Waals surface area contributed by atoms with Gasteiger partial charge in [0.1, 0.15) is 5.69 Å². The lowest BCUT2D eigenvalue weighted by atomic mass is 10.2. The van der Waals surface area contributed by atoms with Crippen molar-refractivity contribution in [1.29, 1.82) is 0 Å². The Kier molecular flexibility index (Phi) is 3.74. The van der Waals surface area contributed by atoms with Crippen LogP contribution in [0, 0.1) is 0 Å². The fourth-order valence-electron chi connectivity index (χ4n) is 2.66. The zero-order chi connectivity index (χ0) is 15.9. The molecule has 1 fully saturated rings. The van der Waals surface area contributed by atoms with Gasteiger partial charge in [0.15, 0.2) is 0 Å². The summed E-state index contributed by atoms with van der Waals surface area (Å²) in [7, 11) is 0. The first-order valence-electron chi connectivity index (χ1n) is 6.75. The Labute approximate surface area is 130 Å². The van der Waals surface area contributed by atoms with Crippen LogP contribution in [0.15, 0.2) is 30.3 Å². The van der Waals surface area contributed by atoms with E-state index in [9.17, 15) is 18.7 Å². The second-order valence-electron chi connectivity index (χ2n) is 5.36. The molecule has 0 spiro atoms. The molecule has 22 heavy (non-hydrogen) atoms.